The van der Waals surface area contributed by atoms with E-state index in [2.05, 4.69) is 50.0 Å². The minimum atomic E-state index is 0.166. The lowest BCUT2D eigenvalue weighted by Crippen LogP contribution is -2.16. The van der Waals surface area contributed by atoms with Gasteiger partial charge in [0.1, 0.15) is 5.84 Å². The molecule has 28 heavy (non-hydrogen) atoms. The van der Waals surface area contributed by atoms with E-state index in [9.17, 15) is 4.79 Å². The SMILES string of the molecule is CCCC[C@H](CC(=O)c1ccc(C)c(C(N)=NC)c1)c1ccc(C(C)C)cc1. The average molecular weight is 379 g/mol. The Bertz CT molecular complexity index is 819. The maximum Gasteiger partial charge on any atom is 0.163 e. The molecule has 0 bridgehead atoms. The van der Waals surface area contributed by atoms with Crippen LogP contribution in [0.4, 0.5) is 0 Å². The lowest BCUT2D eigenvalue weighted by molar-refractivity contribution is 0.0972. The lowest BCUT2D eigenvalue weighted by atomic mass is 9.86. The first-order valence-corrected chi connectivity index (χ1v) is 10.3. The summed E-state index contributed by atoms with van der Waals surface area (Å²) in [6.45, 7) is 8.59. The van der Waals surface area contributed by atoms with Crippen LogP contribution in [0.15, 0.2) is 47.5 Å². The molecule has 0 aliphatic carbocycles. The third-order valence-electron chi connectivity index (χ3n) is 5.49. The van der Waals surface area contributed by atoms with Crippen LogP contribution in [0.1, 0.15) is 90.9 Å². The molecule has 0 aromatic heterocycles. The van der Waals surface area contributed by atoms with E-state index < -0.39 is 0 Å². The fourth-order valence-electron chi connectivity index (χ4n) is 3.52. The predicted molar refractivity (Wildman–Crippen MR) is 120 cm³/mol. The second-order valence-electron chi connectivity index (χ2n) is 7.93. The molecule has 0 aliphatic heterocycles. The molecule has 2 aromatic carbocycles. The molecule has 0 unspecified atom stereocenters. The van der Waals surface area contributed by atoms with E-state index in [-0.39, 0.29) is 11.7 Å². The van der Waals surface area contributed by atoms with Crippen molar-refractivity contribution in [1.29, 1.82) is 0 Å². The number of aryl methyl sites for hydroxylation is 1. The third kappa shape index (κ3) is 5.54. The van der Waals surface area contributed by atoms with Crippen molar-refractivity contribution in [1.82, 2.24) is 0 Å². The molecule has 3 nitrogen and oxygen atoms in total. The Labute approximate surface area is 170 Å². The highest BCUT2D eigenvalue weighted by Gasteiger charge is 2.18. The molecule has 3 heteroatoms. The van der Waals surface area contributed by atoms with E-state index in [0.29, 0.717) is 23.7 Å². The zero-order chi connectivity index (χ0) is 20.7. The standard InChI is InChI=1S/C25H34N2O/c1-6-7-8-21(20-13-11-19(12-14-20)17(2)3)16-24(28)22-10-9-18(4)23(15-22)25(26)27-5/h9-15,17,21H,6-8,16H2,1-5H3,(H2,26,27)/t21-/m1/s1. The number of hydrogen-bond acceptors (Lipinski definition) is 2. The average Bonchev–Trinajstić information content (AvgIpc) is 2.70. The van der Waals surface area contributed by atoms with Crippen LogP contribution in [0.25, 0.3) is 0 Å². The zero-order valence-corrected chi connectivity index (χ0v) is 18.0. The molecule has 2 rings (SSSR count). The number of unbranched alkanes of at least 4 members (excludes halogenated alkanes) is 1. The predicted octanol–water partition coefficient (Wildman–Crippen LogP) is 6.00. The van der Waals surface area contributed by atoms with Gasteiger partial charge >= 0.3 is 0 Å². The van der Waals surface area contributed by atoms with Crippen LogP contribution < -0.4 is 5.73 Å². The summed E-state index contributed by atoms with van der Waals surface area (Å²) in [5.74, 6) is 1.40. The van der Waals surface area contributed by atoms with Crippen molar-refractivity contribution in [3.63, 3.8) is 0 Å². The monoisotopic (exact) mass is 378 g/mol. The first-order chi connectivity index (χ1) is 13.4. The first kappa shape index (κ1) is 21.9. The van der Waals surface area contributed by atoms with Crippen LogP contribution in [0.5, 0.6) is 0 Å². The van der Waals surface area contributed by atoms with Crippen molar-refractivity contribution in [2.75, 3.05) is 7.05 Å². The first-order valence-electron chi connectivity index (χ1n) is 10.3. The van der Waals surface area contributed by atoms with Gasteiger partial charge in [0.2, 0.25) is 0 Å². The number of benzene rings is 2. The number of amidine groups is 1. The summed E-state index contributed by atoms with van der Waals surface area (Å²) >= 11 is 0. The van der Waals surface area contributed by atoms with E-state index in [1.54, 1.807) is 7.05 Å². The summed E-state index contributed by atoms with van der Waals surface area (Å²) in [6.07, 6.45) is 3.80. The van der Waals surface area contributed by atoms with Crippen LogP contribution in [-0.2, 0) is 0 Å². The number of nitrogens with zero attached hydrogens (tertiary/aromatic N) is 1. The molecule has 0 fully saturated rings. The van der Waals surface area contributed by atoms with Gasteiger partial charge < -0.3 is 5.73 Å². The summed E-state index contributed by atoms with van der Waals surface area (Å²) in [5, 5.41) is 0. The van der Waals surface area contributed by atoms with E-state index in [1.807, 2.05) is 25.1 Å². The van der Waals surface area contributed by atoms with Crippen molar-refractivity contribution >= 4 is 11.6 Å². The number of ketones is 1. The zero-order valence-electron chi connectivity index (χ0n) is 18.0. The molecule has 0 spiro atoms. The molecule has 0 aliphatic rings. The summed E-state index contributed by atoms with van der Waals surface area (Å²) in [4.78, 5) is 17.1. The Hall–Kier alpha value is -2.42. The van der Waals surface area contributed by atoms with E-state index in [0.717, 1.165) is 30.4 Å². The van der Waals surface area contributed by atoms with Gasteiger partial charge in [-0.05, 0) is 47.9 Å². The van der Waals surface area contributed by atoms with Crippen LogP contribution in [-0.4, -0.2) is 18.7 Å². The van der Waals surface area contributed by atoms with E-state index in [1.165, 1.54) is 11.1 Å². The quantitative estimate of drug-likeness (QED) is 0.330. The van der Waals surface area contributed by atoms with Crippen molar-refractivity contribution < 1.29 is 4.79 Å². The maximum absolute atomic E-state index is 13.1. The summed E-state index contributed by atoms with van der Waals surface area (Å²) in [6, 6.07) is 14.6. The van der Waals surface area contributed by atoms with Crippen molar-refractivity contribution in [3.8, 4) is 0 Å². The van der Waals surface area contributed by atoms with Crippen molar-refractivity contribution in [2.45, 2.75) is 65.2 Å². The van der Waals surface area contributed by atoms with Gasteiger partial charge in [-0.2, -0.15) is 0 Å². The minimum Gasteiger partial charge on any atom is -0.384 e. The molecule has 1 atom stereocenters. The van der Waals surface area contributed by atoms with Gasteiger partial charge in [-0.3, -0.25) is 9.79 Å². The molecule has 0 radical (unpaired) electrons. The van der Waals surface area contributed by atoms with Gasteiger partial charge in [-0.15, -0.1) is 0 Å². The Morgan fingerprint density at radius 2 is 1.71 bits per heavy atom. The number of carbonyl (C=O) groups excluding carboxylic acids is 1. The lowest BCUT2D eigenvalue weighted by Gasteiger charge is -2.18. The molecule has 0 saturated carbocycles. The van der Waals surface area contributed by atoms with Crippen molar-refractivity contribution in [3.05, 3.63) is 70.3 Å². The molecular formula is C25H34N2O. The highest BCUT2D eigenvalue weighted by Crippen LogP contribution is 2.29. The van der Waals surface area contributed by atoms with E-state index in [4.69, 9.17) is 5.73 Å². The fraction of sp³-hybridized carbons (Fsp3) is 0.440. The number of nitrogens with two attached hydrogens (primary N) is 1. The Balaban J connectivity index is 2.25. The molecule has 2 aromatic rings. The van der Waals surface area contributed by atoms with Crippen LogP contribution in [0, 0.1) is 6.92 Å². The molecule has 2 N–H and O–H groups in total. The molecular weight excluding hydrogens is 344 g/mol. The van der Waals surface area contributed by atoms with E-state index >= 15 is 0 Å². The smallest absolute Gasteiger partial charge is 0.163 e. The van der Waals surface area contributed by atoms with Gasteiger partial charge in [0, 0.05) is 24.6 Å². The van der Waals surface area contributed by atoms with Crippen LogP contribution in [0.3, 0.4) is 0 Å². The number of carbonyl (C=O) groups is 1. The second kappa shape index (κ2) is 10.2. The largest absolute Gasteiger partial charge is 0.384 e. The Kier molecular flexibility index (Phi) is 7.98. The fourth-order valence-corrected chi connectivity index (χ4v) is 3.52. The Morgan fingerprint density at radius 3 is 2.29 bits per heavy atom. The second-order valence-corrected chi connectivity index (χ2v) is 7.93. The number of hydrogen-bond donors (Lipinski definition) is 1. The van der Waals surface area contributed by atoms with Gasteiger partial charge in [0.05, 0.1) is 0 Å². The summed E-state index contributed by atoms with van der Waals surface area (Å²) in [5.41, 5.74) is 11.2. The van der Waals surface area contributed by atoms with Crippen LogP contribution >= 0.6 is 0 Å². The topological polar surface area (TPSA) is 55.5 Å². The van der Waals surface area contributed by atoms with Gasteiger partial charge in [-0.1, -0.05) is 70.0 Å². The highest BCUT2D eigenvalue weighted by atomic mass is 16.1. The van der Waals surface area contributed by atoms with Gasteiger partial charge in [0.25, 0.3) is 0 Å². The number of aliphatic imine (C=N–C) groups is 1. The third-order valence-corrected chi connectivity index (χ3v) is 5.49. The molecule has 0 amide bonds. The van der Waals surface area contributed by atoms with Gasteiger partial charge in [-0.25, -0.2) is 0 Å². The molecule has 0 heterocycles. The molecule has 150 valence electrons. The highest BCUT2D eigenvalue weighted by molar-refractivity contribution is 6.03. The molecule has 0 saturated heterocycles. The van der Waals surface area contributed by atoms with Crippen LogP contribution in [0.2, 0.25) is 0 Å². The summed E-state index contributed by atoms with van der Waals surface area (Å²) in [7, 11) is 1.67. The maximum atomic E-state index is 13.1. The minimum absolute atomic E-state index is 0.166. The van der Waals surface area contributed by atoms with Crippen molar-refractivity contribution in [2.24, 2.45) is 10.7 Å². The normalized spacial score (nSPS) is 13.0. The number of Topliss-reactive ketones (excluding diaryl/α,β-unsaturated/α-hetero) is 1. The van der Waals surface area contributed by atoms with Gasteiger partial charge in [0.15, 0.2) is 5.78 Å². The summed E-state index contributed by atoms with van der Waals surface area (Å²) < 4.78 is 0. The number of rotatable bonds is 9. The Morgan fingerprint density at radius 1 is 1.07 bits per heavy atom.